The van der Waals surface area contributed by atoms with E-state index in [9.17, 15) is 9.59 Å². The van der Waals surface area contributed by atoms with Crippen molar-refractivity contribution in [1.29, 1.82) is 0 Å². The molecule has 8 nitrogen and oxygen atoms in total. The quantitative estimate of drug-likeness (QED) is 0.490. The maximum absolute atomic E-state index is 12.4. The first-order chi connectivity index (χ1) is 15.0. The zero-order chi connectivity index (χ0) is 22.4. The smallest absolute Gasteiger partial charge is 0.348 e. The Bertz CT molecular complexity index is 1060. The first-order valence-corrected chi connectivity index (χ1v) is 11.0. The number of fused-ring (bicyclic) bond motifs is 1. The zero-order valence-electron chi connectivity index (χ0n) is 18.2. The lowest BCUT2D eigenvalue weighted by Crippen LogP contribution is -2.34. The number of esters is 1. The lowest BCUT2D eigenvalue weighted by atomic mass is 10.1. The molecule has 0 spiro atoms. The first-order valence-electron chi connectivity index (χ1n) is 10.2. The third-order valence-electron chi connectivity index (χ3n) is 5.12. The number of carbonyl (C=O) groups excluding carboxylic acids is 2. The van der Waals surface area contributed by atoms with Gasteiger partial charge in [-0.2, -0.15) is 0 Å². The molecule has 0 aliphatic carbocycles. The molecule has 9 heteroatoms. The van der Waals surface area contributed by atoms with E-state index in [1.807, 2.05) is 19.1 Å². The molecule has 0 fully saturated rings. The summed E-state index contributed by atoms with van der Waals surface area (Å²) >= 11 is 1.28. The largest absolute Gasteiger partial charge is 0.465 e. The minimum Gasteiger partial charge on any atom is -0.465 e. The number of anilines is 2. The molecule has 0 bridgehead atoms. The molecule has 164 valence electrons. The van der Waals surface area contributed by atoms with Gasteiger partial charge < -0.3 is 20.3 Å². The number of nitrogens with zero attached hydrogens (tertiary/aromatic N) is 3. The van der Waals surface area contributed by atoms with Gasteiger partial charge in [0, 0.05) is 24.3 Å². The Morgan fingerprint density at radius 3 is 2.48 bits per heavy atom. The predicted octanol–water partition coefficient (Wildman–Crippen LogP) is 3.60. The second-order valence-corrected chi connectivity index (χ2v) is 7.93. The van der Waals surface area contributed by atoms with Crippen LogP contribution in [-0.2, 0) is 4.74 Å². The van der Waals surface area contributed by atoms with Crippen molar-refractivity contribution in [2.45, 2.75) is 20.8 Å². The number of ether oxygens (including phenoxy) is 1. The Morgan fingerprint density at radius 1 is 1.13 bits per heavy atom. The molecule has 0 radical (unpaired) electrons. The Hall–Kier alpha value is -3.04. The summed E-state index contributed by atoms with van der Waals surface area (Å²) in [5, 5.41) is 7.00. The van der Waals surface area contributed by atoms with E-state index in [2.05, 4.69) is 39.3 Å². The van der Waals surface area contributed by atoms with Crippen LogP contribution >= 0.6 is 11.3 Å². The van der Waals surface area contributed by atoms with Crippen LogP contribution in [0.4, 0.5) is 11.5 Å². The van der Waals surface area contributed by atoms with Crippen LogP contribution in [0, 0.1) is 6.92 Å². The number of aromatic nitrogens is 2. The number of methoxy groups -OCH3 is 1. The lowest BCUT2D eigenvalue weighted by Gasteiger charge is -2.18. The summed E-state index contributed by atoms with van der Waals surface area (Å²) in [6.07, 6.45) is 1.46. The van der Waals surface area contributed by atoms with Gasteiger partial charge in [-0.25, -0.2) is 14.8 Å². The van der Waals surface area contributed by atoms with Crippen LogP contribution in [0.1, 0.15) is 39.4 Å². The van der Waals surface area contributed by atoms with Gasteiger partial charge >= 0.3 is 5.97 Å². The van der Waals surface area contributed by atoms with E-state index in [-0.39, 0.29) is 11.9 Å². The summed E-state index contributed by atoms with van der Waals surface area (Å²) in [5.41, 5.74) is 2.15. The van der Waals surface area contributed by atoms with Gasteiger partial charge in [0.05, 0.1) is 12.5 Å². The van der Waals surface area contributed by atoms with Crippen LogP contribution < -0.4 is 10.6 Å². The fourth-order valence-corrected chi connectivity index (χ4v) is 4.33. The summed E-state index contributed by atoms with van der Waals surface area (Å²) in [4.78, 5) is 36.5. The van der Waals surface area contributed by atoms with Crippen LogP contribution in [-0.4, -0.2) is 60.0 Å². The maximum Gasteiger partial charge on any atom is 0.348 e. The van der Waals surface area contributed by atoms with Crippen molar-refractivity contribution in [3.8, 4) is 0 Å². The zero-order valence-corrected chi connectivity index (χ0v) is 19.0. The van der Waals surface area contributed by atoms with Gasteiger partial charge in [0.1, 0.15) is 21.9 Å². The number of likely N-dealkylation sites (N-methyl/N-ethyl adjacent to an activating group) is 1. The molecule has 0 saturated heterocycles. The predicted molar refractivity (Wildman–Crippen MR) is 123 cm³/mol. The second kappa shape index (κ2) is 10.3. The Labute approximate surface area is 185 Å². The summed E-state index contributed by atoms with van der Waals surface area (Å²) in [6, 6.07) is 7.20. The third kappa shape index (κ3) is 5.18. The Balaban J connectivity index is 1.71. The van der Waals surface area contributed by atoms with Gasteiger partial charge in [-0.3, -0.25) is 4.79 Å². The minimum atomic E-state index is -0.386. The van der Waals surface area contributed by atoms with Crippen molar-refractivity contribution >= 4 is 44.9 Å². The number of hydrogen-bond donors (Lipinski definition) is 2. The Kier molecular flexibility index (Phi) is 7.54. The molecule has 2 N–H and O–H groups in total. The van der Waals surface area contributed by atoms with E-state index in [0.717, 1.165) is 36.3 Å². The number of benzene rings is 1. The van der Waals surface area contributed by atoms with Gasteiger partial charge in [-0.1, -0.05) is 13.8 Å². The van der Waals surface area contributed by atoms with E-state index in [1.54, 1.807) is 12.1 Å². The first kappa shape index (κ1) is 22.6. The summed E-state index contributed by atoms with van der Waals surface area (Å²) in [5.74, 6) is 0.118. The molecule has 1 aromatic carbocycles. The van der Waals surface area contributed by atoms with Gasteiger partial charge in [-0.15, -0.1) is 11.3 Å². The molecule has 1 amide bonds. The lowest BCUT2D eigenvalue weighted by molar-refractivity contribution is 0.0605. The molecule has 3 aromatic rings. The highest BCUT2D eigenvalue weighted by Crippen LogP contribution is 2.34. The number of carbonyl (C=O) groups is 2. The molecule has 0 aliphatic rings. The van der Waals surface area contributed by atoms with E-state index in [1.165, 1.54) is 24.8 Å². The van der Waals surface area contributed by atoms with Crippen molar-refractivity contribution in [3.63, 3.8) is 0 Å². The van der Waals surface area contributed by atoms with Crippen molar-refractivity contribution in [2.24, 2.45) is 0 Å². The molecule has 2 aromatic heterocycles. The third-order valence-corrected chi connectivity index (χ3v) is 6.30. The normalized spacial score (nSPS) is 11.0. The van der Waals surface area contributed by atoms with Crippen LogP contribution in [0.3, 0.4) is 0 Å². The molecular weight excluding hydrogens is 414 g/mol. The molecule has 2 heterocycles. The van der Waals surface area contributed by atoms with Crippen LogP contribution in [0.25, 0.3) is 10.2 Å². The monoisotopic (exact) mass is 441 g/mol. The summed E-state index contributed by atoms with van der Waals surface area (Å²) in [7, 11) is 1.36. The van der Waals surface area contributed by atoms with Crippen molar-refractivity contribution in [1.82, 2.24) is 20.2 Å². The van der Waals surface area contributed by atoms with Gasteiger partial charge in [0.2, 0.25) is 0 Å². The molecule has 0 unspecified atom stereocenters. The molecule has 0 aliphatic heterocycles. The molecule has 0 atom stereocenters. The standard InChI is InChI=1S/C22H27N5O3S/c1-5-27(6-2)12-11-23-20(28)15-7-9-16(10-8-15)26-19-17-14(3)18(22(29)30-4)31-21(17)25-13-24-19/h7-10,13H,5-6,11-12H2,1-4H3,(H,23,28)(H,24,25,26). The number of aryl methyl sites for hydroxylation is 1. The number of hydrogen-bond acceptors (Lipinski definition) is 8. The van der Waals surface area contributed by atoms with Gasteiger partial charge in [0.25, 0.3) is 5.91 Å². The molecule has 0 saturated carbocycles. The fraction of sp³-hybridized carbons (Fsp3) is 0.364. The van der Waals surface area contributed by atoms with Gasteiger partial charge in [-0.05, 0) is 49.8 Å². The summed E-state index contributed by atoms with van der Waals surface area (Å²) < 4.78 is 4.86. The number of rotatable bonds is 9. The second-order valence-electron chi connectivity index (χ2n) is 6.94. The average Bonchev–Trinajstić information content (AvgIpc) is 3.14. The van der Waals surface area contributed by atoms with Gasteiger partial charge in [0.15, 0.2) is 0 Å². The van der Waals surface area contributed by atoms with E-state index in [4.69, 9.17) is 4.74 Å². The van der Waals surface area contributed by atoms with Crippen LogP contribution in [0.15, 0.2) is 30.6 Å². The van der Waals surface area contributed by atoms with Crippen LogP contribution in [0.2, 0.25) is 0 Å². The topological polar surface area (TPSA) is 96.5 Å². The van der Waals surface area contributed by atoms with E-state index >= 15 is 0 Å². The highest BCUT2D eigenvalue weighted by molar-refractivity contribution is 7.20. The van der Waals surface area contributed by atoms with E-state index < -0.39 is 0 Å². The number of amides is 1. The fourth-order valence-electron chi connectivity index (χ4n) is 3.26. The van der Waals surface area contributed by atoms with Crippen LogP contribution in [0.5, 0.6) is 0 Å². The summed E-state index contributed by atoms with van der Waals surface area (Å²) in [6.45, 7) is 9.44. The Morgan fingerprint density at radius 2 is 1.84 bits per heavy atom. The average molecular weight is 442 g/mol. The number of thiophene rings is 1. The number of nitrogens with one attached hydrogen (secondary N) is 2. The highest BCUT2D eigenvalue weighted by atomic mass is 32.1. The molecular formula is C22H27N5O3S. The van der Waals surface area contributed by atoms with Crippen molar-refractivity contribution < 1.29 is 14.3 Å². The minimum absolute atomic E-state index is 0.0977. The maximum atomic E-state index is 12.4. The van der Waals surface area contributed by atoms with Crippen molar-refractivity contribution in [2.75, 3.05) is 38.6 Å². The van der Waals surface area contributed by atoms with E-state index in [0.29, 0.717) is 27.6 Å². The highest BCUT2D eigenvalue weighted by Gasteiger charge is 2.19. The SMILES string of the molecule is CCN(CC)CCNC(=O)c1ccc(Nc2ncnc3sc(C(=O)OC)c(C)c23)cc1. The van der Waals surface area contributed by atoms with Crippen molar-refractivity contribution in [3.05, 3.63) is 46.6 Å². The molecule has 3 rings (SSSR count). The molecule has 31 heavy (non-hydrogen) atoms.